The number of likely N-dealkylation sites (N-methyl/N-ethyl adjacent to an activating group) is 1. The minimum atomic E-state index is -0.787. The fourth-order valence-corrected chi connectivity index (χ4v) is 1.13. The average molecular weight is 239 g/mol. The summed E-state index contributed by atoms with van der Waals surface area (Å²) in [5, 5.41) is 12.0. The summed E-state index contributed by atoms with van der Waals surface area (Å²) in [5.74, 6) is -1.36. The highest BCUT2D eigenvalue weighted by Crippen LogP contribution is 2.29. The molecule has 0 aliphatic heterocycles. The number of phenolic OH excluding ortho intramolecular Hbond substituents is 1. The molecule has 0 saturated carbocycles. The van der Waals surface area contributed by atoms with Crippen LogP contribution in [0.25, 0.3) is 0 Å². The Morgan fingerprint density at radius 2 is 2.12 bits per heavy atom. The SMILES string of the molecule is CNC(=O)COC(=O)c1cccc(OC)c1O. The van der Waals surface area contributed by atoms with Crippen LogP contribution in [0, 0.1) is 0 Å². The molecule has 0 saturated heterocycles. The van der Waals surface area contributed by atoms with Crippen molar-refractivity contribution in [3.63, 3.8) is 0 Å². The molecule has 0 bridgehead atoms. The van der Waals surface area contributed by atoms with Gasteiger partial charge in [0.15, 0.2) is 18.1 Å². The van der Waals surface area contributed by atoms with Gasteiger partial charge in [-0.15, -0.1) is 0 Å². The number of phenols is 1. The Hall–Kier alpha value is -2.24. The van der Waals surface area contributed by atoms with Crippen LogP contribution in [0.5, 0.6) is 11.5 Å². The van der Waals surface area contributed by atoms with Crippen molar-refractivity contribution in [1.82, 2.24) is 5.32 Å². The third kappa shape index (κ3) is 3.10. The molecule has 1 aromatic carbocycles. The van der Waals surface area contributed by atoms with Gasteiger partial charge in [-0.05, 0) is 12.1 Å². The number of para-hydroxylation sites is 1. The lowest BCUT2D eigenvalue weighted by Crippen LogP contribution is -2.25. The van der Waals surface area contributed by atoms with Gasteiger partial charge in [-0.1, -0.05) is 6.07 Å². The normalized spacial score (nSPS) is 9.53. The summed E-state index contributed by atoms with van der Waals surface area (Å²) in [7, 11) is 2.80. The molecule has 6 heteroatoms. The van der Waals surface area contributed by atoms with Gasteiger partial charge < -0.3 is 19.9 Å². The monoisotopic (exact) mass is 239 g/mol. The van der Waals surface area contributed by atoms with Gasteiger partial charge in [-0.3, -0.25) is 4.79 Å². The first-order chi connectivity index (χ1) is 8.10. The largest absolute Gasteiger partial charge is 0.504 e. The summed E-state index contributed by atoms with van der Waals surface area (Å²) >= 11 is 0. The van der Waals surface area contributed by atoms with E-state index in [0.717, 1.165) is 0 Å². The minimum absolute atomic E-state index is 0.0479. The van der Waals surface area contributed by atoms with Crippen molar-refractivity contribution >= 4 is 11.9 Å². The molecular weight excluding hydrogens is 226 g/mol. The minimum Gasteiger partial charge on any atom is -0.504 e. The van der Waals surface area contributed by atoms with Crippen LogP contribution < -0.4 is 10.1 Å². The fraction of sp³-hybridized carbons (Fsp3) is 0.273. The lowest BCUT2D eigenvalue weighted by Gasteiger charge is -2.08. The van der Waals surface area contributed by atoms with Gasteiger partial charge in [-0.2, -0.15) is 0 Å². The van der Waals surface area contributed by atoms with E-state index in [4.69, 9.17) is 9.47 Å². The van der Waals surface area contributed by atoms with E-state index < -0.39 is 18.5 Å². The van der Waals surface area contributed by atoms with Gasteiger partial charge in [0, 0.05) is 7.05 Å². The number of carbonyl (C=O) groups excluding carboxylic acids is 2. The third-order valence-electron chi connectivity index (χ3n) is 2.05. The number of hydrogen-bond acceptors (Lipinski definition) is 5. The van der Waals surface area contributed by atoms with Crippen molar-refractivity contribution in [3.05, 3.63) is 23.8 Å². The first kappa shape index (κ1) is 12.8. The van der Waals surface area contributed by atoms with Crippen LogP contribution in [-0.2, 0) is 9.53 Å². The maximum atomic E-state index is 11.5. The van der Waals surface area contributed by atoms with Gasteiger partial charge in [0.2, 0.25) is 0 Å². The van der Waals surface area contributed by atoms with Crippen LogP contribution in [0.2, 0.25) is 0 Å². The van der Waals surface area contributed by atoms with E-state index in [0.29, 0.717) is 0 Å². The Bertz CT molecular complexity index is 430. The maximum absolute atomic E-state index is 11.5. The molecule has 17 heavy (non-hydrogen) atoms. The number of rotatable bonds is 4. The van der Waals surface area contributed by atoms with Crippen molar-refractivity contribution < 1.29 is 24.2 Å². The number of carbonyl (C=O) groups is 2. The molecule has 0 aliphatic carbocycles. The fourth-order valence-electron chi connectivity index (χ4n) is 1.13. The zero-order valence-corrected chi connectivity index (χ0v) is 9.52. The summed E-state index contributed by atoms with van der Waals surface area (Å²) < 4.78 is 9.54. The van der Waals surface area contributed by atoms with E-state index in [1.807, 2.05) is 0 Å². The molecule has 1 aromatic rings. The first-order valence-corrected chi connectivity index (χ1v) is 4.83. The van der Waals surface area contributed by atoms with E-state index in [9.17, 15) is 14.7 Å². The number of ether oxygens (including phenoxy) is 2. The molecule has 0 spiro atoms. The third-order valence-corrected chi connectivity index (χ3v) is 2.05. The molecule has 0 fully saturated rings. The van der Waals surface area contributed by atoms with E-state index in [1.165, 1.54) is 32.4 Å². The second kappa shape index (κ2) is 5.74. The summed E-state index contributed by atoms with van der Waals surface area (Å²) in [6.45, 7) is -0.397. The average Bonchev–Trinajstić information content (AvgIpc) is 2.35. The molecule has 0 atom stereocenters. The van der Waals surface area contributed by atoms with Gasteiger partial charge in [0.05, 0.1) is 7.11 Å². The Kier molecular flexibility index (Phi) is 4.33. The highest BCUT2D eigenvalue weighted by atomic mass is 16.5. The number of nitrogens with one attached hydrogen (secondary N) is 1. The van der Waals surface area contributed by atoms with E-state index in [1.54, 1.807) is 0 Å². The standard InChI is InChI=1S/C11H13NO5/c1-12-9(13)6-17-11(15)7-4-3-5-8(16-2)10(7)14/h3-5,14H,6H2,1-2H3,(H,12,13). The molecule has 1 rings (SSSR count). The van der Waals surface area contributed by atoms with Gasteiger partial charge in [-0.25, -0.2) is 4.79 Å². The van der Waals surface area contributed by atoms with Gasteiger partial charge in [0.25, 0.3) is 5.91 Å². The molecule has 2 N–H and O–H groups in total. The molecule has 0 aliphatic rings. The maximum Gasteiger partial charge on any atom is 0.342 e. The second-order valence-corrected chi connectivity index (χ2v) is 3.11. The van der Waals surface area contributed by atoms with Crippen LogP contribution in [-0.4, -0.2) is 37.7 Å². The molecule has 92 valence electrons. The van der Waals surface area contributed by atoms with Crippen molar-refractivity contribution in [1.29, 1.82) is 0 Å². The van der Waals surface area contributed by atoms with Crippen LogP contribution >= 0.6 is 0 Å². The number of hydrogen-bond donors (Lipinski definition) is 2. The lowest BCUT2D eigenvalue weighted by molar-refractivity contribution is -0.123. The van der Waals surface area contributed by atoms with Crippen LogP contribution in [0.4, 0.5) is 0 Å². The van der Waals surface area contributed by atoms with Crippen molar-refractivity contribution in [2.45, 2.75) is 0 Å². The summed E-state index contributed by atoms with van der Waals surface area (Å²) in [6, 6.07) is 4.42. The van der Waals surface area contributed by atoms with Crippen LogP contribution in [0.3, 0.4) is 0 Å². The van der Waals surface area contributed by atoms with Gasteiger partial charge >= 0.3 is 5.97 Å². The van der Waals surface area contributed by atoms with Crippen LogP contribution in [0.15, 0.2) is 18.2 Å². The van der Waals surface area contributed by atoms with Crippen molar-refractivity contribution in [2.75, 3.05) is 20.8 Å². The molecule has 0 radical (unpaired) electrons. The summed E-state index contributed by atoms with van der Waals surface area (Å²) in [6.07, 6.45) is 0. The van der Waals surface area contributed by atoms with Crippen molar-refractivity contribution in [3.8, 4) is 11.5 Å². The van der Waals surface area contributed by atoms with E-state index in [-0.39, 0.29) is 17.1 Å². The molecule has 0 unspecified atom stereocenters. The number of methoxy groups -OCH3 is 1. The zero-order valence-electron chi connectivity index (χ0n) is 9.52. The van der Waals surface area contributed by atoms with Gasteiger partial charge in [0.1, 0.15) is 5.56 Å². The highest BCUT2D eigenvalue weighted by Gasteiger charge is 2.16. The molecule has 1 amide bonds. The van der Waals surface area contributed by atoms with E-state index in [2.05, 4.69) is 5.32 Å². The Labute approximate surface area is 98.2 Å². The Balaban J connectivity index is 2.79. The number of benzene rings is 1. The quantitative estimate of drug-likeness (QED) is 0.738. The zero-order chi connectivity index (χ0) is 12.8. The number of amides is 1. The Morgan fingerprint density at radius 1 is 1.41 bits per heavy atom. The predicted molar refractivity (Wildman–Crippen MR) is 59.0 cm³/mol. The summed E-state index contributed by atoms with van der Waals surface area (Å²) in [4.78, 5) is 22.4. The first-order valence-electron chi connectivity index (χ1n) is 4.83. The topological polar surface area (TPSA) is 84.9 Å². The molecule has 6 nitrogen and oxygen atoms in total. The highest BCUT2D eigenvalue weighted by molar-refractivity contribution is 5.94. The van der Waals surface area contributed by atoms with Crippen molar-refractivity contribution in [2.24, 2.45) is 0 Å². The second-order valence-electron chi connectivity index (χ2n) is 3.11. The number of esters is 1. The molecule has 0 aromatic heterocycles. The van der Waals surface area contributed by atoms with E-state index >= 15 is 0 Å². The Morgan fingerprint density at radius 3 is 2.71 bits per heavy atom. The predicted octanol–water partition coefficient (Wildman–Crippen LogP) is 0.304. The molecular formula is C11H13NO5. The van der Waals surface area contributed by atoms with Crippen LogP contribution in [0.1, 0.15) is 10.4 Å². The lowest BCUT2D eigenvalue weighted by atomic mass is 10.2. The molecule has 0 heterocycles. The smallest absolute Gasteiger partial charge is 0.342 e. The number of aromatic hydroxyl groups is 1. The summed E-state index contributed by atoms with van der Waals surface area (Å²) in [5.41, 5.74) is -0.0479.